The number of H-pyrrole nitrogens is 1. The summed E-state index contributed by atoms with van der Waals surface area (Å²) in [6.07, 6.45) is 0.931. The fraction of sp³-hybridized carbons (Fsp3) is 0.263. The van der Waals surface area contributed by atoms with E-state index in [4.69, 9.17) is 0 Å². The van der Waals surface area contributed by atoms with Gasteiger partial charge in [-0.05, 0) is 55.2 Å². The number of nitrogens with one attached hydrogen (secondary N) is 2. The molecule has 1 aliphatic rings. The van der Waals surface area contributed by atoms with Gasteiger partial charge in [0.25, 0.3) is 0 Å². The van der Waals surface area contributed by atoms with Crippen molar-refractivity contribution in [1.82, 2.24) is 10.3 Å². The second-order valence-electron chi connectivity index (χ2n) is 6.20. The highest BCUT2D eigenvalue weighted by molar-refractivity contribution is 5.85. The third-order valence-electron chi connectivity index (χ3n) is 4.66. The van der Waals surface area contributed by atoms with Gasteiger partial charge in [-0.25, -0.2) is 4.39 Å². The molecule has 22 heavy (non-hydrogen) atoms. The molecule has 0 saturated heterocycles. The maximum absolute atomic E-state index is 13.6. The van der Waals surface area contributed by atoms with Crippen LogP contribution in [0.25, 0.3) is 10.9 Å². The van der Waals surface area contributed by atoms with Gasteiger partial charge in [-0.15, -0.1) is 0 Å². The summed E-state index contributed by atoms with van der Waals surface area (Å²) in [5, 5.41) is 4.63. The van der Waals surface area contributed by atoms with Gasteiger partial charge in [0, 0.05) is 23.1 Å². The highest BCUT2D eigenvalue weighted by Gasteiger charge is 2.26. The summed E-state index contributed by atoms with van der Waals surface area (Å²) in [6.45, 7) is 5.18. The van der Waals surface area contributed by atoms with E-state index in [0.717, 1.165) is 23.9 Å². The second-order valence-corrected chi connectivity index (χ2v) is 6.20. The van der Waals surface area contributed by atoms with Gasteiger partial charge in [-0.1, -0.05) is 23.8 Å². The Bertz CT molecular complexity index is 863. The van der Waals surface area contributed by atoms with E-state index in [1.807, 2.05) is 6.07 Å². The van der Waals surface area contributed by atoms with Crippen LogP contribution in [0.1, 0.15) is 34.0 Å². The molecule has 2 aromatic carbocycles. The predicted octanol–water partition coefficient (Wildman–Crippen LogP) is 4.16. The van der Waals surface area contributed by atoms with Crippen molar-refractivity contribution in [2.24, 2.45) is 0 Å². The SMILES string of the molecule is Cc1ccc(C)c(C2NCCc3c2[nH]c2ccc(F)cc32)c1. The third kappa shape index (κ3) is 2.04. The number of benzene rings is 2. The molecular formula is C19H19FN2. The van der Waals surface area contributed by atoms with Gasteiger partial charge < -0.3 is 10.3 Å². The van der Waals surface area contributed by atoms with Crippen molar-refractivity contribution in [2.75, 3.05) is 6.54 Å². The molecule has 2 N–H and O–H groups in total. The van der Waals surface area contributed by atoms with Crippen LogP contribution in [-0.2, 0) is 6.42 Å². The monoisotopic (exact) mass is 294 g/mol. The summed E-state index contributed by atoms with van der Waals surface area (Å²) in [4.78, 5) is 3.51. The fourth-order valence-electron chi connectivity index (χ4n) is 3.54. The Kier molecular flexibility index (Phi) is 3.05. The number of aromatic amines is 1. The van der Waals surface area contributed by atoms with Crippen molar-refractivity contribution in [2.45, 2.75) is 26.3 Å². The minimum Gasteiger partial charge on any atom is -0.357 e. The van der Waals surface area contributed by atoms with E-state index in [1.54, 1.807) is 6.07 Å². The Morgan fingerprint density at radius 2 is 1.95 bits per heavy atom. The summed E-state index contributed by atoms with van der Waals surface area (Å²) < 4.78 is 13.6. The minimum absolute atomic E-state index is 0.152. The van der Waals surface area contributed by atoms with Crippen LogP contribution in [0.3, 0.4) is 0 Å². The van der Waals surface area contributed by atoms with Crippen molar-refractivity contribution < 1.29 is 4.39 Å². The quantitative estimate of drug-likeness (QED) is 0.693. The van der Waals surface area contributed by atoms with Crippen molar-refractivity contribution in [3.8, 4) is 0 Å². The van der Waals surface area contributed by atoms with Crippen LogP contribution in [0, 0.1) is 19.7 Å². The van der Waals surface area contributed by atoms with Gasteiger partial charge in [-0.2, -0.15) is 0 Å². The molecule has 0 saturated carbocycles. The Hall–Kier alpha value is -2.13. The third-order valence-corrected chi connectivity index (χ3v) is 4.66. The first kappa shape index (κ1) is 13.5. The standard InChI is InChI=1S/C19H19FN2/c1-11-3-4-12(2)15(9-11)18-19-14(7-8-21-18)16-10-13(20)5-6-17(16)22-19/h3-6,9-10,18,21-22H,7-8H2,1-2H3. The van der Waals surface area contributed by atoms with Crippen molar-refractivity contribution in [3.63, 3.8) is 0 Å². The number of aryl methyl sites for hydroxylation is 2. The van der Waals surface area contributed by atoms with Crippen LogP contribution in [0.15, 0.2) is 36.4 Å². The molecule has 0 spiro atoms. The Balaban J connectivity index is 1.92. The number of rotatable bonds is 1. The smallest absolute Gasteiger partial charge is 0.123 e. The lowest BCUT2D eigenvalue weighted by Gasteiger charge is -2.26. The highest BCUT2D eigenvalue weighted by Crippen LogP contribution is 2.35. The first-order valence-electron chi connectivity index (χ1n) is 7.74. The van der Waals surface area contributed by atoms with Crippen LogP contribution < -0.4 is 5.32 Å². The van der Waals surface area contributed by atoms with E-state index >= 15 is 0 Å². The molecule has 0 radical (unpaired) electrons. The van der Waals surface area contributed by atoms with Crippen LogP contribution in [0.5, 0.6) is 0 Å². The number of hydrogen-bond acceptors (Lipinski definition) is 1. The van der Waals surface area contributed by atoms with Crippen molar-refractivity contribution >= 4 is 10.9 Å². The Morgan fingerprint density at radius 3 is 2.82 bits per heavy atom. The zero-order valence-corrected chi connectivity index (χ0v) is 12.8. The van der Waals surface area contributed by atoms with Crippen LogP contribution >= 0.6 is 0 Å². The molecule has 0 fully saturated rings. The van der Waals surface area contributed by atoms with E-state index in [1.165, 1.54) is 34.0 Å². The maximum Gasteiger partial charge on any atom is 0.123 e. The first-order valence-corrected chi connectivity index (χ1v) is 7.74. The topological polar surface area (TPSA) is 27.8 Å². The number of hydrogen-bond donors (Lipinski definition) is 2. The molecule has 0 amide bonds. The Labute approximate surface area is 129 Å². The summed E-state index contributed by atoms with van der Waals surface area (Å²) in [5.41, 5.74) is 7.29. The summed E-state index contributed by atoms with van der Waals surface area (Å²) in [6, 6.07) is 11.7. The van der Waals surface area contributed by atoms with E-state index in [9.17, 15) is 4.39 Å². The van der Waals surface area contributed by atoms with E-state index < -0.39 is 0 Å². The van der Waals surface area contributed by atoms with Gasteiger partial charge in [0.1, 0.15) is 5.82 Å². The molecule has 3 heteroatoms. The Morgan fingerprint density at radius 1 is 1.09 bits per heavy atom. The molecule has 1 atom stereocenters. The molecule has 0 aliphatic carbocycles. The predicted molar refractivity (Wildman–Crippen MR) is 87.7 cm³/mol. The van der Waals surface area contributed by atoms with Crippen molar-refractivity contribution in [1.29, 1.82) is 0 Å². The van der Waals surface area contributed by atoms with Gasteiger partial charge in [0.2, 0.25) is 0 Å². The second kappa shape index (κ2) is 4.96. The highest BCUT2D eigenvalue weighted by atomic mass is 19.1. The average Bonchev–Trinajstić information content (AvgIpc) is 2.88. The van der Waals surface area contributed by atoms with E-state index in [-0.39, 0.29) is 11.9 Å². The van der Waals surface area contributed by atoms with Crippen molar-refractivity contribution in [3.05, 3.63) is 70.2 Å². The first-order chi connectivity index (χ1) is 10.6. The molecule has 2 nitrogen and oxygen atoms in total. The lowest BCUT2D eigenvalue weighted by Crippen LogP contribution is -2.31. The summed E-state index contributed by atoms with van der Waals surface area (Å²) >= 11 is 0. The molecule has 1 aliphatic heterocycles. The number of halogens is 1. The molecule has 1 unspecified atom stereocenters. The van der Waals surface area contributed by atoms with Gasteiger partial charge >= 0.3 is 0 Å². The molecule has 0 bridgehead atoms. The average molecular weight is 294 g/mol. The van der Waals surface area contributed by atoms with E-state index in [0.29, 0.717) is 0 Å². The lowest BCUT2D eigenvalue weighted by molar-refractivity contribution is 0.558. The zero-order chi connectivity index (χ0) is 15.3. The van der Waals surface area contributed by atoms with Crippen LogP contribution in [0.2, 0.25) is 0 Å². The zero-order valence-electron chi connectivity index (χ0n) is 12.8. The number of aromatic nitrogens is 1. The molecular weight excluding hydrogens is 275 g/mol. The fourth-order valence-corrected chi connectivity index (χ4v) is 3.54. The van der Waals surface area contributed by atoms with Gasteiger partial charge in [0.15, 0.2) is 0 Å². The van der Waals surface area contributed by atoms with Crippen LogP contribution in [-0.4, -0.2) is 11.5 Å². The molecule has 1 aromatic heterocycles. The summed E-state index contributed by atoms with van der Waals surface area (Å²) in [7, 11) is 0. The minimum atomic E-state index is -0.170. The molecule has 112 valence electrons. The van der Waals surface area contributed by atoms with Gasteiger partial charge in [-0.3, -0.25) is 0 Å². The maximum atomic E-state index is 13.6. The van der Waals surface area contributed by atoms with E-state index in [2.05, 4.69) is 42.3 Å². The molecule has 2 heterocycles. The lowest BCUT2D eigenvalue weighted by atomic mass is 9.91. The molecule has 4 rings (SSSR count). The largest absolute Gasteiger partial charge is 0.357 e. The summed E-state index contributed by atoms with van der Waals surface area (Å²) in [5.74, 6) is -0.170. The van der Waals surface area contributed by atoms with Crippen LogP contribution in [0.4, 0.5) is 4.39 Å². The van der Waals surface area contributed by atoms with Gasteiger partial charge in [0.05, 0.1) is 6.04 Å². The number of fused-ring (bicyclic) bond motifs is 3. The normalized spacial score (nSPS) is 17.7. The molecule has 3 aromatic rings.